The van der Waals surface area contributed by atoms with Gasteiger partial charge in [0.2, 0.25) is 5.91 Å². The third kappa shape index (κ3) is 4.71. The molecule has 0 radical (unpaired) electrons. The Labute approximate surface area is 161 Å². The van der Waals surface area contributed by atoms with Crippen LogP contribution in [0.4, 0.5) is 0 Å². The third-order valence-corrected chi connectivity index (χ3v) is 4.61. The van der Waals surface area contributed by atoms with E-state index in [1.807, 2.05) is 35.1 Å². The van der Waals surface area contributed by atoms with Crippen LogP contribution < -0.4 is 10.1 Å². The Hall–Kier alpha value is -2.18. The number of thioether (sulfide) groups is 1. The highest BCUT2D eigenvalue weighted by atomic mass is 35.5. The summed E-state index contributed by atoms with van der Waals surface area (Å²) in [6, 6.07) is 15.0. The fraction of sp³-hybridized carbons (Fsp3) is 0.263. The maximum atomic E-state index is 12.3. The van der Waals surface area contributed by atoms with E-state index in [0.29, 0.717) is 18.2 Å². The highest BCUT2D eigenvalue weighted by Crippen LogP contribution is 2.19. The molecule has 1 heterocycles. The SMILES string of the molecule is CSCc1nc2ccccc2n1CC(=O)NCCOc1ccc(Cl)cc1. The van der Waals surface area contributed by atoms with Crippen LogP contribution >= 0.6 is 23.4 Å². The number of halogens is 1. The quantitative estimate of drug-likeness (QED) is 0.596. The van der Waals surface area contributed by atoms with Crippen molar-refractivity contribution in [3.8, 4) is 5.75 Å². The van der Waals surface area contributed by atoms with Crippen molar-refractivity contribution < 1.29 is 9.53 Å². The van der Waals surface area contributed by atoms with Crippen LogP contribution in [0.1, 0.15) is 5.82 Å². The van der Waals surface area contributed by atoms with Crippen molar-refractivity contribution in [3.05, 3.63) is 59.4 Å². The van der Waals surface area contributed by atoms with Crippen molar-refractivity contribution >= 4 is 40.3 Å². The average molecular weight is 390 g/mol. The molecule has 0 saturated heterocycles. The van der Waals surface area contributed by atoms with Gasteiger partial charge in [0.15, 0.2) is 0 Å². The molecule has 3 rings (SSSR count). The lowest BCUT2D eigenvalue weighted by Gasteiger charge is -2.10. The van der Waals surface area contributed by atoms with Gasteiger partial charge in [-0.3, -0.25) is 4.79 Å². The summed E-state index contributed by atoms with van der Waals surface area (Å²) < 4.78 is 7.56. The van der Waals surface area contributed by atoms with Gasteiger partial charge in [0.25, 0.3) is 0 Å². The monoisotopic (exact) mass is 389 g/mol. The minimum Gasteiger partial charge on any atom is -0.492 e. The second-order valence-corrected chi connectivity index (χ2v) is 6.99. The van der Waals surface area contributed by atoms with Crippen LogP contribution in [0.15, 0.2) is 48.5 Å². The molecule has 0 aliphatic carbocycles. The first-order chi connectivity index (χ1) is 12.7. The lowest BCUT2D eigenvalue weighted by molar-refractivity contribution is -0.121. The molecule has 0 fully saturated rings. The van der Waals surface area contributed by atoms with Gasteiger partial charge in [0.1, 0.15) is 24.7 Å². The fourth-order valence-corrected chi connectivity index (χ4v) is 3.24. The number of benzene rings is 2. The molecule has 2 aromatic carbocycles. The van der Waals surface area contributed by atoms with Crippen LogP contribution in [0, 0.1) is 0 Å². The van der Waals surface area contributed by atoms with Gasteiger partial charge in [0, 0.05) is 5.02 Å². The van der Waals surface area contributed by atoms with E-state index < -0.39 is 0 Å². The van der Waals surface area contributed by atoms with Crippen LogP contribution in [0.3, 0.4) is 0 Å². The van der Waals surface area contributed by atoms with Crippen molar-refractivity contribution in [1.29, 1.82) is 0 Å². The molecular weight excluding hydrogens is 370 g/mol. The molecule has 1 amide bonds. The van der Waals surface area contributed by atoms with E-state index in [1.165, 1.54) is 0 Å². The largest absolute Gasteiger partial charge is 0.492 e. The lowest BCUT2D eigenvalue weighted by Crippen LogP contribution is -2.31. The molecule has 0 unspecified atom stereocenters. The molecular formula is C19H20ClN3O2S. The van der Waals surface area contributed by atoms with Crippen LogP contribution in [0.2, 0.25) is 5.02 Å². The standard InChI is InChI=1S/C19H20ClN3O2S/c1-26-13-18-22-16-4-2-3-5-17(16)23(18)12-19(24)21-10-11-25-15-8-6-14(20)7-9-15/h2-9H,10-13H2,1H3,(H,21,24). The van der Waals surface area contributed by atoms with E-state index in [4.69, 9.17) is 16.3 Å². The van der Waals surface area contributed by atoms with Crippen molar-refractivity contribution in [2.24, 2.45) is 0 Å². The highest BCUT2D eigenvalue weighted by Gasteiger charge is 2.12. The normalized spacial score (nSPS) is 10.8. The van der Waals surface area contributed by atoms with E-state index in [0.717, 1.165) is 28.4 Å². The van der Waals surface area contributed by atoms with E-state index in [2.05, 4.69) is 10.3 Å². The molecule has 7 heteroatoms. The first-order valence-electron chi connectivity index (χ1n) is 8.25. The molecule has 136 valence electrons. The van der Waals surface area contributed by atoms with Crippen molar-refractivity contribution in [2.75, 3.05) is 19.4 Å². The predicted octanol–water partition coefficient (Wildman–Crippen LogP) is 3.75. The summed E-state index contributed by atoms with van der Waals surface area (Å²) in [7, 11) is 0. The smallest absolute Gasteiger partial charge is 0.240 e. The zero-order valence-electron chi connectivity index (χ0n) is 14.4. The Morgan fingerprint density at radius 3 is 2.77 bits per heavy atom. The average Bonchev–Trinajstić information content (AvgIpc) is 2.98. The molecule has 0 bridgehead atoms. The molecule has 0 aliphatic heterocycles. The van der Waals surface area contributed by atoms with Crippen molar-refractivity contribution in [2.45, 2.75) is 12.3 Å². The van der Waals surface area contributed by atoms with Gasteiger partial charge in [-0.05, 0) is 42.7 Å². The second-order valence-electron chi connectivity index (χ2n) is 5.69. The number of ether oxygens (including phenoxy) is 1. The summed E-state index contributed by atoms with van der Waals surface area (Å²) in [5.74, 6) is 2.34. The van der Waals surface area contributed by atoms with Crippen molar-refractivity contribution in [3.63, 3.8) is 0 Å². The Kier molecular flexibility index (Phi) is 6.41. The number of aromatic nitrogens is 2. The molecule has 0 atom stereocenters. The van der Waals surface area contributed by atoms with Gasteiger partial charge >= 0.3 is 0 Å². The first kappa shape index (κ1) is 18.6. The molecule has 5 nitrogen and oxygen atoms in total. The topological polar surface area (TPSA) is 56.2 Å². The van der Waals surface area contributed by atoms with Gasteiger partial charge in [0.05, 0.1) is 23.3 Å². The summed E-state index contributed by atoms with van der Waals surface area (Å²) >= 11 is 7.52. The van der Waals surface area contributed by atoms with E-state index in [-0.39, 0.29) is 12.5 Å². The first-order valence-corrected chi connectivity index (χ1v) is 10.0. The van der Waals surface area contributed by atoms with Crippen LogP contribution in [0.25, 0.3) is 11.0 Å². The maximum Gasteiger partial charge on any atom is 0.240 e. The van der Waals surface area contributed by atoms with Crippen molar-refractivity contribution in [1.82, 2.24) is 14.9 Å². The number of amides is 1. The van der Waals surface area contributed by atoms with Gasteiger partial charge < -0.3 is 14.6 Å². The maximum absolute atomic E-state index is 12.3. The number of imidazole rings is 1. The van der Waals surface area contributed by atoms with Gasteiger partial charge in [-0.15, -0.1) is 0 Å². The number of hydrogen-bond donors (Lipinski definition) is 1. The molecule has 1 aromatic heterocycles. The minimum absolute atomic E-state index is 0.0600. The zero-order valence-corrected chi connectivity index (χ0v) is 16.0. The van der Waals surface area contributed by atoms with E-state index in [1.54, 1.807) is 36.0 Å². The van der Waals surface area contributed by atoms with E-state index >= 15 is 0 Å². The minimum atomic E-state index is -0.0600. The highest BCUT2D eigenvalue weighted by molar-refractivity contribution is 7.97. The number of carbonyl (C=O) groups excluding carboxylic acids is 1. The van der Waals surface area contributed by atoms with Crippen LogP contribution in [-0.2, 0) is 17.1 Å². The number of nitrogens with zero attached hydrogens (tertiary/aromatic N) is 2. The molecule has 26 heavy (non-hydrogen) atoms. The summed E-state index contributed by atoms with van der Waals surface area (Å²) in [6.07, 6.45) is 2.03. The van der Waals surface area contributed by atoms with Gasteiger partial charge in [-0.1, -0.05) is 23.7 Å². The fourth-order valence-electron chi connectivity index (χ4n) is 2.63. The van der Waals surface area contributed by atoms with E-state index in [9.17, 15) is 4.79 Å². The molecule has 0 spiro atoms. The number of rotatable bonds is 8. The summed E-state index contributed by atoms with van der Waals surface area (Å²) in [4.78, 5) is 17.0. The summed E-state index contributed by atoms with van der Waals surface area (Å²) in [5.41, 5.74) is 1.89. The molecule has 1 N–H and O–H groups in total. The molecule has 0 aliphatic rings. The number of carbonyl (C=O) groups is 1. The van der Waals surface area contributed by atoms with Gasteiger partial charge in [-0.2, -0.15) is 11.8 Å². The van der Waals surface area contributed by atoms with Crippen LogP contribution in [-0.4, -0.2) is 34.9 Å². The van der Waals surface area contributed by atoms with Crippen LogP contribution in [0.5, 0.6) is 5.75 Å². The summed E-state index contributed by atoms with van der Waals surface area (Å²) in [5, 5.41) is 3.56. The zero-order chi connectivity index (χ0) is 18.4. The second kappa shape index (κ2) is 8.96. The number of fused-ring (bicyclic) bond motifs is 1. The molecule has 0 saturated carbocycles. The Balaban J connectivity index is 1.55. The van der Waals surface area contributed by atoms with Gasteiger partial charge in [-0.25, -0.2) is 4.98 Å². The Morgan fingerprint density at radius 2 is 2.00 bits per heavy atom. The molecule has 3 aromatic rings. The number of nitrogens with one attached hydrogen (secondary N) is 1. The number of hydrogen-bond acceptors (Lipinski definition) is 4. The predicted molar refractivity (Wildman–Crippen MR) is 107 cm³/mol. The Morgan fingerprint density at radius 1 is 1.23 bits per heavy atom. The third-order valence-electron chi connectivity index (χ3n) is 3.82. The number of para-hydroxylation sites is 2. The Bertz CT molecular complexity index is 880. The lowest BCUT2D eigenvalue weighted by atomic mass is 10.3. The summed E-state index contributed by atoms with van der Waals surface area (Å²) in [6.45, 7) is 1.08.